The molecule has 1 amide bonds. The van der Waals surface area contributed by atoms with Gasteiger partial charge in [0, 0.05) is 6.07 Å². The molecule has 0 bridgehead atoms. The van der Waals surface area contributed by atoms with Gasteiger partial charge in [-0.3, -0.25) is 10.2 Å². The van der Waals surface area contributed by atoms with Crippen LogP contribution in [0, 0.1) is 11.3 Å². The number of nitriles is 1. The Hall–Kier alpha value is -2.85. The number of aromatic nitrogens is 1. The van der Waals surface area contributed by atoms with E-state index in [0.29, 0.717) is 17.1 Å². The van der Waals surface area contributed by atoms with Crippen molar-refractivity contribution >= 4 is 5.91 Å². The summed E-state index contributed by atoms with van der Waals surface area (Å²) in [5.74, 6) is 5.41. The number of benzene rings is 1. The molecule has 1 aromatic carbocycles. The van der Waals surface area contributed by atoms with Crippen LogP contribution in [-0.2, 0) is 6.61 Å². The number of hydrogen-bond acceptors (Lipinski definition) is 6. The van der Waals surface area contributed by atoms with Crippen molar-refractivity contribution in [3.05, 3.63) is 47.3 Å². The largest absolute Gasteiger partial charge is 0.486 e. The van der Waals surface area contributed by atoms with Crippen LogP contribution in [-0.4, -0.2) is 11.1 Å². The van der Waals surface area contributed by atoms with E-state index in [2.05, 4.69) is 5.16 Å². The van der Waals surface area contributed by atoms with E-state index in [0.717, 1.165) is 0 Å². The van der Waals surface area contributed by atoms with Gasteiger partial charge < -0.3 is 9.26 Å². The lowest BCUT2D eigenvalue weighted by atomic mass is 10.2. The van der Waals surface area contributed by atoms with Crippen molar-refractivity contribution in [3.63, 3.8) is 0 Å². The Labute approximate surface area is 108 Å². The van der Waals surface area contributed by atoms with Gasteiger partial charge >= 0.3 is 0 Å². The van der Waals surface area contributed by atoms with Crippen molar-refractivity contribution < 1.29 is 14.1 Å². The first-order valence-corrected chi connectivity index (χ1v) is 5.32. The number of hydrogen-bond donors (Lipinski definition) is 2. The van der Waals surface area contributed by atoms with Crippen LogP contribution in [0.15, 0.2) is 34.9 Å². The van der Waals surface area contributed by atoms with Crippen molar-refractivity contribution in [2.75, 3.05) is 0 Å². The molecule has 0 saturated carbocycles. The maximum absolute atomic E-state index is 11.1. The zero-order chi connectivity index (χ0) is 13.7. The minimum absolute atomic E-state index is 0.0842. The van der Waals surface area contributed by atoms with Gasteiger partial charge in [-0.1, -0.05) is 5.16 Å². The van der Waals surface area contributed by atoms with Crippen LogP contribution in [0.1, 0.15) is 21.8 Å². The summed E-state index contributed by atoms with van der Waals surface area (Å²) < 4.78 is 10.3. The van der Waals surface area contributed by atoms with Gasteiger partial charge in [-0.25, -0.2) is 5.84 Å². The van der Waals surface area contributed by atoms with Gasteiger partial charge in [0.2, 0.25) is 0 Å². The Bertz CT molecular complexity index is 613. The summed E-state index contributed by atoms with van der Waals surface area (Å²) in [4.78, 5) is 11.1. The molecule has 7 heteroatoms. The van der Waals surface area contributed by atoms with Crippen LogP contribution in [0.25, 0.3) is 0 Å². The molecule has 0 fully saturated rings. The number of carbonyl (C=O) groups excluding carboxylic acids is 1. The molecule has 0 radical (unpaired) electrons. The van der Waals surface area contributed by atoms with Crippen molar-refractivity contribution in [1.82, 2.24) is 10.6 Å². The lowest BCUT2D eigenvalue weighted by molar-refractivity contribution is 0.0944. The quantitative estimate of drug-likeness (QED) is 0.474. The molecule has 19 heavy (non-hydrogen) atoms. The fourth-order valence-electron chi connectivity index (χ4n) is 1.34. The van der Waals surface area contributed by atoms with Crippen molar-refractivity contribution in [2.24, 2.45) is 5.84 Å². The molecule has 96 valence electrons. The van der Waals surface area contributed by atoms with Gasteiger partial charge in [-0.15, -0.1) is 0 Å². The molecule has 0 atom stereocenters. The van der Waals surface area contributed by atoms with Crippen LogP contribution in [0.3, 0.4) is 0 Å². The molecular formula is C12H10N4O3. The molecule has 3 N–H and O–H groups in total. The van der Waals surface area contributed by atoms with Gasteiger partial charge in [0.15, 0.2) is 11.5 Å². The van der Waals surface area contributed by atoms with E-state index in [1.54, 1.807) is 24.3 Å². The number of nitrogen functional groups attached to an aromatic ring is 1. The molecule has 7 nitrogen and oxygen atoms in total. The van der Waals surface area contributed by atoms with Crippen LogP contribution >= 0.6 is 0 Å². The summed E-state index contributed by atoms with van der Waals surface area (Å²) in [6.45, 7) is 0.122. The van der Waals surface area contributed by atoms with E-state index in [1.807, 2.05) is 11.5 Å². The minimum atomic E-state index is -0.534. The highest BCUT2D eigenvalue weighted by Gasteiger charge is 2.11. The van der Waals surface area contributed by atoms with Crippen LogP contribution in [0.4, 0.5) is 0 Å². The number of nitrogens with one attached hydrogen (secondary N) is 1. The van der Waals surface area contributed by atoms with Gasteiger partial charge in [0.05, 0.1) is 11.6 Å². The molecule has 0 saturated heterocycles. The summed E-state index contributed by atoms with van der Waals surface area (Å²) in [6, 6.07) is 10.1. The molecule has 1 aromatic heterocycles. The number of amides is 1. The van der Waals surface area contributed by atoms with E-state index < -0.39 is 5.91 Å². The SMILES string of the molecule is N#Cc1ccc(OCc2cc(C(=O)NN)no2)cc1. The van der Waals surface area contributed by atoms with Crippen molar-refractivity contribution in [1.29, 1.82) is 5.26 Å². The second kappa shape index (κ2) is 5.66. The third-order valence-corrected chi connectivity index (χ3v) is 2.29. The first-order valence-electron chi connectivity index (χ1n) is 5.32. The molecule has 2 rings (SSSR count). The van der Waals surface area contributed by atoms with Crippen LogP contribution in [0.5, 0.6) is 5.75 Å². The molecule has 2 aromatic rings. The molecule has 0 aliphatic heterocycles. The van der Waals surface area contributed by atoms with Crippen molar-refractivity contribution in [2.45, 2.75) is 6.61 Å². The van der Waals surface area contributed by atoms with E-state index in [9.17, 15) is 4.79 Å². The number of hydrazine groups is 1. The second-order valence-corrected chi connectivity index (χ2v) is 3.58. The monoisotopic (exact) mass is 258 g/mol. The zero-order valence-corrected chi connectivity index (χ0v) is 9.79. The predicted octanol–water partition coefficient (Wildman–Crippen LogP) is 0.729. The van der Waals surface area contributed by atoms with Crippen LogP contribution < -0.4 is 16.0 Å². The zero-order valence-electron chi connectivity index (χ0n) is 9.79. The molecule has 0 unspecified atom stereocenters. The Balaban J connectivity index is 1.96. The Morgan fingerprint density at radius 2 is 2.21 bits per heavy atom. The summed E-state index contributed by atoms with van der Waals surface area (Å²) in [5.41, 5.74) is 2.58. The second-order valence-electron chi connectivity index (χ2n) is 3.58. The Morgan fingerprint density at radius 1 is 1.47 bits per heavy atom. The fourth-order valence-corrected chi connectivity index (χ4v) is 1.34. The molecular weight excluding hydrogens is 248 g/mol. The third-order valence-electron chi connectivity index (χ3n) is 2.29. The lowest BCUT2D eigenvalue weighted by Gasteiger charge is -2.02. The first-order chi connectivity index (χ1) is 9.22. The number of carbonyl (C=O) groups is 1. The summed E-state index contributed by atoms with van der Waals surface area (Å²) in [6.07, 6.45) is 0. The minimum Gasteiger partial charge on any atom is -0.486 e. The van der Waals surface area contributed by atoms with E-state index >= 15 is 0 Å². The summed E-state index contributed by atoms with van der Waals surface area (Å²) in [5, 5.41) is 12.2. The highest BCUT2D eigenvalue weighted by molar-refractivity contribution is 5.91. The van der Waals surface area contributed by atoms with E-state index in [-0.39, 0.29) is 12.3 Å². The number of ether oxygens (including phenoxy) is 1. The Morgan fingerprint density at radius 3 is 2.84 bits per heavy atom. The topological polar surface area (TPSA) is 114 Å². The normalized spacial score (nSPS) is 9.68. The maximum atomic E-state index is 11.1. The van der Waals surface area contributed by atoms with Gasteiger partial charge in [-0.05, 0) is 24.3 Å². The molecule has 0 aliphatic carbocycles. The van der Waals surface area contributed by atoms with Crippen LogP contribution in [0.2, 0.25) is 0 Å². The third kappa shape index (κ3) is 3.08. The number of nitrogens with zero attached hydrogens (tertiary/aromatic N) is 2. The highest BCUT2D eigenvalue weighted by Crippen LogP contribution is 2.14. The number of nitrogens with two attached hydrogens (primary N) is 1. The smallest absolute Gasteiger partial charge is 0.287 e. The molecule has 0 spiro atoms. The average Bonchev–Trinajstić information content (AvgIpc) is 2.93. The molecule has 1 heterocycles. The van der Waals surface area contributed by atoms with Crippen molar-refractivity contribution in [3.8, 4) is 11.8 Å². The molecule has 0 aliphatic rings. The highest BCUT2D eigenvalue weighted by atomic mass is 16.5. The van der Waals surface area contributed by atoms with E-state index in [4.69, 9.17) is 20.4 Å². The summed E-state index contributed by atoms with van der Waals surface area (Å²) >= 11 is 0. The first kappa shape index (κ1) is 12.6. The van der Waals surface area contributed by atoms with Gasteiger partial charge in [-0.2, -0.15) is 5.26 Å². The standard InChI is InChI=1S/C12H10N4O3/c13-6-8-1-3-9(4-2-8)18-7-10-5-11(16-19-10)12(17)15-14/h1-5H,7,14H2,(H,15,17). The lowest BCUT2D eigenvalue weighted by Crippen LogP contribution is -2.30. The Kier molecular flexibility index (Phi) is 3.75. The fraction of sp³-hybridized carbons (Fsp3) is 0.0833. The van der Waals surface area contributed by atoms with Gasteiger partial charge in [0.25, 0.3) is 5.91 Å². The number of rotatable bonds is 4. The van der Waals surface area contributed by atoms with E-state index in [1.165, 1.54) is 6.07 Å². The maximum Gasteiger partial charge on any atom is 0.287 e. The van der Waals surface area contributed by atoms with Gasteiger partial charge in [0.1, 0.15) is 12.4 Å². The average molecular weight is 258 g/mol. The summed E-state index contributed by atoms with van der Waals surface area (Å²) in [7, 11) is 0. The predicted molar refractivity (Wildman–Crippen MR) is 63.6 cm³/mol.